The lowest BCUT2D eigenvalue weighted by Gasteiger charge is -2.27. The number of carbonyl (C=O) groups is 1. The number of carbonyl (C=O) groups excluding carboxylic acids is 1. The molecule has 136 valence electrons. The fourth-order valence-corrected chi connectivity index (χ4v) is 3.47. The van der Waals surface area contributed by atoms with Crippen molar-refractivity contribution in [2.45, 2.75) is 37.5 Å². The van der Waals surface area contributed by atoms with E-state index in [0.29, 0.717) is 12.5 Å². The summed E-state index contributed by atoms with van der Waals surface area (Å²) in [6.07, 6.45) is 5.31. The molecule has 0 aromatic heterocycles. The first kappa shape index (κ1) is 17.7. The van der Waals surface area contributed by atoms with E-state index in [4.69, 9.17) is 0 Å². The van der Waals surface area contributed by atoms with Gasteiger partial charge in [0.15, 0.2) is 5.96 Å². The minimum atomic E-state index is -0.153. The number of nitrogens with one attached hydrogen (secondary N) is 2. The van der Waals surface area contributed by atoms with Gasteiger partial charge in [0.1, 0.15) is 5.82 Å². The Bertz CT molecular complexity index is 636. The van der Waals surface area contributed by atoms with Crippen molar-refractivity contribution in [3.63, 3.8) is 0 Å². The van der Waals surface area contributed by atoms with Gasteiger partial charge < -0.3 is 15.5 Å². The molecule has 0 spiro atoms. The van der Waals surface area contributed by atoms with Gasteiger partial charge in [0, 0.05) is 32.1 Å². The monoisotopic (exact) mass is 346 g/mol. The molecule has 1 amide bonds. The standard InChI is InChI=1S/C19H27FN4O/c1-21-18(22-13-17(25)24-11-5-2-6-12-24)23-14-19(9-10-19)15-7-3-4-8-16(15)20/h3-4,7-8H,2,5-6,9-14H2,1H3,(H2,21,22,23). The van der Waals surface area contributed by atoms with E-state index in [9.17, 15) is 9.18 Å². The fourth-order valence-electron chi connectivity index (χ4n) is 3.47. The molecule has 1 aromatic rings. The molecular formula is C19H27FN4O. The Balaban J connectivity index is 1.50. The molecule has 0 unspecified atom stereocenters. The van der Waals surface area contributed by atoms with Gasteiger partial charge in [0.25, 0.3) is 0 Å². The zero-order chi connectivity index (χ0) is 17.7. The SMILES string of the molecule is CN=C(NCC(=O)N1CCCCC1)NCC1(c2ccccc2F)CC1. The van der Waals surface area contributed by atoms with E-state index in [-0.39, 0.29) is 23.7 Å². The second-order valence-electron chi connectivity index (χ2n) is 6.98. The summed E-state index contributed by atoms with van der Waals surface area (Å²) in [5.41, 5.74) is 0.613. The molecule has 1 aromatic carbocycles. The van der Waals surface area contributed by atoms with E-state index in [0.717, 1.165) is 44.3 Å². The maximum absolute atomic E-state index is 14.1. The summed E-state index contributed by atoms with van der Waals surface area (Å²) in [5, 5.41) is 6.34. The number of halogens is 1. The molecule has 1 saturated heterocycles. The van der Waals surface area contributed by atoms with Gasteiger partial charge in [-0.1, -0.05) is 18.2 Å². The van der Waals surface area contributed by atoms with Crippen molar-refractivity contribution in [1.82, 2.24) is 15.5 Å². The number of benzene rings is 1. The van der Waals surface area contributed by atoms with Crippen LogP contribution in [0.15, 0.2) is 29.3 Å². The Morgan fingerprint density at radius 1 is 1.20 bits per heavy atom. The van der Waals surface area contributed by atoms with Crippen molar-refractivity contribution >= 4 is 11.9 Å². The quantitative estimate of drug-likeness (QED) is 0.634. The van der Waals surface area contributed by atoms with Crippen LogP contribution in [0.3, 0.4) is 0 Å². The first-order valence-electron chi connectivity index (χ1n) is 9.12. The smallest absolute Gasteiger partial charge is 0.241 e. The van der Waals surface area contributed by atoms with E-state index in [2.05, 4.69) is 15.6 Å². The van der Waals surface area contributed by atoms with E-state index < -0.39 is 0 Å². The van der Waals surface area contributed by atoms with Gasteiger partial charge >= 0.3 is 0 Å². The van der Waals surface area contributed by atoms with Crippen LogP contribution in [0, 0.1) is 5.82 Å². The Hall–Kier alpha value is -2.11. The zero-order valence-electron chi connectivity index (χ0n) is 14.9. The molecule has 2 fully saturated rings. The lowest BCUT2D eigenvalue weighted by Crippen LogP contribution is -2.47. The average molecular weight is 346 g/mol. The summed E-state index contributed by atoms with van der Waals surface area (Å²) < 4.78 is 14.1. The summed E-state index contributed by atoms with van der Waals surface area (Å²) in [4.78, 5) is 18.3. The number of rotatable bonds is 5. The van der Waals surface area contributed by atoms with Crippen LogP contribution in [0.25, 0.3) is 0 Å². The fraction of sp³-hybridized carbons (Fsp3) is 0.579. The second-order valence-corrected chi connectivity index (χ2v) is 6.98. The van der Waals surface area contributed by atoms with Crippen LogP contribution >= 0.6 is 0 Å². The largest absolute Gasteiger partial charge is 0.356 e. The van der Waals surface area contributed by atoms with Crippen molar-refractivity contribution in [3.8, 4) is 0 Å². The predicted molar refractivity (Wildman–Crippen MR) is 97.1 cm³/mol. The Kier molecular flexibility index (Phi) is 5.56. The zero-order valence-corrected chi connectivity index (χ0v) is 14.9. The topological polar surface area (TPSA) is 56.7 Å². The third kappa shape index (κ3) is 4.30. The van der Waals surface area contributed by atoms with Gasteiger partial charge in [0.2, 0.25) is 5.91 Å². The predicted octanol–water partition coefficient (Wildman–Crippen LogP) is 2.03. The van der Waals surface area contributed by atoms with Crippen LogP contribution in [0.4, 0.5) is 4.39 Å². The lowest BCUT2D eigenvalue weighted by atomic mass is 9.95. The first-order chi connectivity index (χ1) is 12.1. The average Bonchev–Trinajstić information content (AvgIpc) is 3.43. The van der Waals surface area contributed by atoms with Crippen molar-refractivity contribution in [2.75, 3.05) is 33.2 Å². The second kappa shape index (κ2) is 7.85. The molecule has 1 aliphatic heterocycles. The molecule has 1 aliphatic carbocycles. The maximum atomic E-state index is 14.1. The molecular weight excluding hydrogens is 319 g/mol. The van der Waals surface area contributed by atoms with E-state index in [1.165, 1.54) is 12.5 Å². The summed E-state index contributed by atoms with van der Waals surface area (Å²) in [6.45, 7) is 2.56. The molecule has 3 rings (SSSR count). The van der Waals surface area contributed by atoms with Gasteiger partial charge in [-0.2, -0.15) is 0 Å². The molecule has 25 heavy (non-hydrogen) atoms. The summed E-state index contributed by atoms with van der Waals surface area (Å²) in [6, 6.07) is 6.97. The highest BCUT2D eigenvalue weighted by Crippen LogP contribution is 2.48. The first-order valence-corrected chi connectivity index (χ1v) is 9.12. The number of nitrogens with zero attached hydrogens (tertiary/aromatic N) is 2. The Morgan fingerprint density at radius 2 is 1.92 bits per heavy atom. The van der Waals surface area contributed by atoms with E-state index in [1.807, 2.05) is 17.0 Å². The number of amides is 1. The number of hydrogen-bond donors (Lipinski definition) is 2. The highest BCUT2D eigenvalue weighted by Gasteiger charge is 2.45. The van der Waals surface area contributed by atoms with Gasteiger partial charge in [-0.15, -0.1) is 0 Å². The van der Waals surface area contributed by atoms with Crippen LogP contribution in [0.2, 0.25) is 0 Å². The van der Waals surface area contributed by atoms with E-state index in [1.54, 1.807) is 13.1 Å². The normalized spacial score (nSPS) is 19.4. The molecule has 6 heteroatoms. The van der Waals surface area contributed by atoms with Crippen molar-refractivity contribution in [3.05, 3.63) is 35.6 Å². The number of hydrogen-bond acceptors (Lipinski definition) is 2. The summed E-state index contributed by atoms with van der Waals surface area (Å²) in [7, 11) is 1.68. The molecule has 2 aliphatic rings. The van der Waals surface area contributed by atoms with Crippen molar-refractivity contribution in [2.24, 2.45) is 4.99 Å². The van der Waals surface area contributed by atoms with Crippen molar-refractivity contribution < 1.29 is 9.18 Å². The molecule has 0 radical (unpaired) electrons. The molecule has 2 N–H and O–H groups in total. The summed E-state index contributed by atoms with van der Waals surface area (Å²) in [5.74, 6) is 0.552. The van der Waals surface area contributed by atoms with Gasteiger partial charge in [-0.3, -0.25) is 9.79 Å². The number of piperidine rings is 1. The van der Waals surface area contributed by atoms with Crippen molar-refractivity contribution in [1.29, 1.82) is 0 Å². The molecule has 1 saturated carbocycles. The molecule has 5 nitrogen and oxygen atoms in total. The minimum absolute atomic E-state index is 0.109. The van der Waals surface area contributed by atoms with Gasteiger partial charge in [0.05, 0.1) is 6.54 Å². The number of likely N-dealkylation sites (tertiary alicyclic amines) is 1. The Labute approximate surface area is 148 Å². The molecule has 0 atom stereocenters. The Morgan fingerprint density at radius 3 is 2.56 bits per heavy atom. The van der Waals surface area contributed by atoms with Gasteiger partial charge in [-0.05, 0) is 43.7 Å². The highest BCUT2D eigenvalue weighted by atomic mass is 19.1. The highest BCUT2D eigenvalue weighted by molar-refractivity contribution is 5.86. The lowest BCUT2D eigenvalue weighted by molar-refractivity contribution is -0.130. The number of aliphatic imine (C=N–C) groups is 1. The van der Waals surface area contributed by atoms with Crippen LogP contribution in [0.1, 0.15) is 37.7 Å². The minimum Gasteiger partial charge on any atom is -0.356 e. The van der Waals surface area contributed by atoms with Gasteiger partial charge in [-0.25, -0.2) is 4.39 Å². The van der Waals surface area contributed by atoms with E-state index >= 15 is 0 Å². The van der Waals surface area contributed by atoms with Crippen LogP contribution < -0.4 is 10.6 Å². The van der Waals surface area contributed by atoms with Crippen LogP contribution in [0.5, 0.6) is 0 Å². The molecule has 0 bridgehead atoms. The number of guanidine groups is 1. The third-order valence-electron chi connectivity index (χ3n) is 5.23. The third-order valence-corrected chi connectivity index (χ3v) is 5.23. The molecule has 1 heterocycles. The van der Waals surface area contributed by atoms with Crippen LogP contribution in [-0.2, 0) is 10.2 Å². The summed E-state index contributed by atoms with van der Waals surface area (Å²) >= 11 is 0. The maximum Gasteiger partial charge on any atom is 0.241 e. The van der Waals surface area contributed by atoms with Crippen LogP contribution in [-0.4, -0.2) is 50.0 Å².